The Balaban J connectivity index is 2.11. The predicted molar refractivity (Wildman–Crippen MR) is 62.6 cm³/mol. The van der Waals surface area contributed by atoms with Crippen LogP contribution in [0.2, 0.25) is 0 Å². The molecule has 1 rings (SSSR count). The van der Waals surface area contributed by atoms with Crippen LogP contribution in [0.3, 0.4) is 0 Å². The third kappa shape index (κ3) is 4.13. The number of carbonyl (C=O) groups excluding carboxylic acids is 1. The predicted octanol–water partition coefficient (Wildman–Crippen LogP) is 2.31. The van der Waals surface area contributed by atoms with Gasteiger partial charge in [-0.2, -0.15) is 0 Å². The molecule has 1 heterocycles. The highest BCUT2D eigenvalue weighted by Crippen LogP contribution is 2.21. The molecular formula is C10H17IO3. The molecule has 0 aromatic rings. The quantitative estimate of drug-likeness (QED) is 0.444. The molecule has 4 heteroatoms. The van der Waals surface area contributed by atoms with Crippen molar-refractivity contribution in [3.05, 3.63) is 0 Å². The number of ether oxygens (including phenoxy) is 2. The third-order valence-electron chi connectivity index (χ3n) is 2.25. The monoisotopic (exact) mass is 312 g/mol. The maximum absolute atomic E-state index is 11.1. The standard InChI is InChI=1S/C10H17IO3/c1-2-3-10(12)13-7-9-5-4-8(6-11)14-9/h8-9H,2-7H2,1H3/t8-,9-/m0/s1. The van der Waals surface area contributed by atoms with Gasteiger partial charge in [0.05, 0.1) is 12.2 Å². The summed E-state index contributed by atoms with van der Waals surface area (Å²) in [7, 11) is 0. The van der Waals surface area contributed by atoms with Crippen LogP contribution in [0.5, 0.6) is 0 Å². The van der Waals surface area contributed by atoms with Crippen LogP contribution in [-0.2, 0) is 14.3 Å². The number of carbonyl (C=O) groups is 1. The van der Waals surface area contributed by atoms with E-state index in [1.807, 2.05) is 6.92 Å². The van der Waals surface area contributed by atoms with Crippen LogP contribution in [0.15, 0.2) is 0 Å². The van der Waals surface area contributed by atoms with Crippen LogP contribution >= 0.6 is 22.6 Å². The van der Waals surface area contributed by atoms with E-state index in [2.05, 4.69) is 22.6 Å². The van der Waals surface area contributed by atoms with Crippen molar-refractivity contribution in [3.8, 4) is 0 Å². The van der Waals surface area contributed by atoms with E-state index < -0.39 is 0 Å². The molecule has 0 aliphatic carbocycles. The van der Waals surface area contributed by atoms with Gasteiger partial charge in [-0.3, -0.25) is 4.79 Å². The van der Waals surface area contributed by atoms with E-state index in [1.54, 1.807) is 0 Å². The molecule has 0 aromatic heterocycles. The minimum atomic E-state index is -0.103. The lowest BCUT2D eigenvalue weighted by atomic mass is 10.2. The number of alkyl halides is 1. The van der Waals surface area contributed by atoms with Crippen molar-refractivity contribution in [1.82, 2.24) is 0 Å². The summed E-state index contributed by atoms with van der Waals surface area (Å²) in [6.07, 6.45) is 3.98. The lowest BCUT2D eigenvalue weighted by molar-refractivity contribution is -0.147. The van der Waals surface area contributed by atoms with Crippen molar-refractivity contribution in [1.29, 1.82) is 0 Å². The number of esters is 1. The average Bonchev–Trinajstić information content (AvgIpc) is 2.63. The van der Waals surface area contributed by atoms with Gasteiger partial charge >= 0.3 is 5.97 Å². The molecule has 1 saturated heterocycles. The van der Waals surface area contributed by atoms with Gasteiger partial charge in [0.2, 0.25) is 0 Å². The second-order valence-corrected chi connectivity index (χ2v) is 4.43. The fraction of sp³-hybridized carbons (Fsp3) is 0.900. The van der Waals surface area contributed by atoms with E-state index in [0.29, 0.717) is 19.1 Å². The minimum absolute atomic E-state index is 0.103. The fourth-order valence-corrected chi connectivity index (χ4v) is 2.13. The molecule has 1 aliphatic heterocycles. The van der Waals surface area contributed by atoms with E-state index in [9.17, 15) is 4.79 Å². The summed E-state index contributed by atoms with van der Waals surface area (Å²) < 4.78 is 11.8. The van der Waals surface area contributed by atoms with Crippen molar-refractivity contribution in [2.24, 2.45) is 0 Å². The number of halogens is 1. The van der Waals surface area contributed by atoms with Gasteiger partial charge in [0.1, 0.15) is 6.61 Å². The molecule has 3 nitrogen and oxygen atoms in total. The van der Waals surface area contributed by atoms with Gasteiger partial charge in [0.25, 0.3) is 0 Å². The van der Waals surface area contributed by atoms with Crippen molar-refractivity contribution in [3.63, 3.8) is 0 Å². The molecule has 0 aromatic carbocycles. The van der Waals surface area contributed by atoms with Crippen LogP contribution in [0, 0.1) is 0 Å². The highest BCUT2D eigenvalue weighted by atomic mass is 127. The number of hydrogen-bond donors (Lipinski definition) is 0. The maximum atomic E-state index is 11.1. The summed E-state index contributed by atoms with van der Waals surface area (Å²) in [6, 6.07) is 0. The largest absolute Gasteiger partial charge is 0.463 e. The van der Waals surface area contributed by atoms with Crippen LogP contribution in [0.1, 0.15) is 32.6 Å². The Morgan fingerprint density at radius 1 is 1.50 bits per heavy atom. The highest BCUT2D eigenvalue weighted by Gasteiger charge is 2.25. The number of hydrogen-bond acceptors (Lipinski definition) is 3. The zero-order valence-electron chi connectivity index (χ0n) is 8.50. The molecular weight excluding hydrogens is 295 g/mol. The molecule has 0 bridgehead atoms. The summed E-state index contributed by atoms with van der Waals surface area (Å²) in [5.74, 6) is -0.103. The second kappa shape index (κ2) is 6.61. The molecule has 1 fully saturated rings. The molecule has 0 unspecified atom stereocenters. The molecule has 14 heavy (non-hydrogen) atoms. The summed E-state index contributed by atoms with van der Waals surface area (Å²) in [5.41, 5.74) is 0. The van der Waals surface area contributed by atoms with Gasteiger partial charge in [-0.25, -0.2) is 0 Å². The van der Waals surface area contributed by atoms with Crippen LogP contribution in [0.4, 0.5) is 0 Å². The smallest absolute Gasteiger partial charge is 0.305 e. The lowest BCUT2D eigenvalue weighted by Crippen LogP contribution is -2.19. The third-order valence-corrected chi connectivity index (χ3v) is 3.23. The minimum Gasteiger partial charge on any atom is -0.463 e. The van der Waals surface area contributed by atoms with Crippen molar-refractivity contribution >= 4 is 28.6 Å². The fourth-order valence-electron chi connectivity index (χ4n) is 1.48. The van der Waals surface area contributed by atoms with E-state index in [1.165, 1.54) is 0 Å². The Bertz CT molecular complexity index is 184. The molecule has 0 radical (unpaired) electrons. The molecule has 2 atom stereocenters. The molecule has 0 saturated carbocycles. The maximum Gasteiger partial charge on any atom is 0.305 e. The first-order valence-electron chi connectivity index (χ1n) is 5.13. The molecule has 0 amide bonds. The van der Waals surface area contributed by atoms with Crippen LogP contribution in [0.25, 0.3) is 0 Å². The zero-order chi connectivity index (χ0) is 10.4. The SMILES string of the molecule is CCCC(=O)OC[C@@H]1CC[C@@H](CI)O1. The van der Waals surface area contributed by atoms with E-state index in [4.69, 9.17) is 9.47 Å². The first-order chi connectivity index (χ1) is 6.76. The normalized spacial score (nSPS) is 26.4. The summed E-state index contributed by atoms with van der Waals surface area (Å²) in [4.78, 5) is 11.1. The Morgan fingerprint density at radius 3 is 2.79 bits per heavy atom. The van der Waals surface area contributed by atoms with E-state index in [-0.39, 0.29) is 12.1 Å². The molecule has 0 spiro atoms. The molecule has 82 valence electrons. The highest BCUT2D eigenvalue weighted by molar-refractivity contribution is 14.1. The Morgan fingerprint density at radius 2 is 2.21 bits per heavy atom. The Kier molecular flexibility index (Phi) is 5.77. The van der Waals surface area contributed by atoms with Crippen LogP contribution in [-0.4, -0.2) is 29.2 Å². The van der Waals surface area contributed by atoms with Gasteiger partial charge < -0.3 is 9.47 Å². The Hall–Kier alpha value is 0.160. The second-order valence-electron chi connectivity index (χ2n) is 3.54. The van der Waals surface area contributed by atoms with Gasteiger partial charge in [-0.1, -0.05) is 29.5 Å². The first kappa shape index (κ1) is 12.2. The van der Waals surface area contributed by atoms with Crippen molar-refractivity contribution in [2.45, 2.75) is 44.8 Å². The van der Waals surface area contributed by atoms with E-state index >= 15 is 0 Å². The Labute approximate surface area is 98.7 Å². The lowest BCUT2D eigenvalue weighted by Gasteiger charge is -2.12. The summed E-state index contributed by atoms with van der Waals surface area (Å²) in [5, 5.41) is 0. The van der Waals surface area contributed by atoms with Gasteiger partial charge in [0, 0.05) is 10.8 Å². The summed E-state index contributed by atoms with van der Waals surface area (Å²) in [6.45, 7) is 2.41. The van der Waals surface area contributed by atoms with Gasteiger partial charge in [-0.15, -0.1) is 0 Å². The summed E-state index contributed by atoms with van der Waals surface area (Å²) >= 11 is 2.32. The van der Waals surface area contributed by atoms with Crippen molar-refractivity contribution in [2.75, 3.05) is 11.0 Å². The molecule has 0 N–H and O–H groups in total. The topological polar surface area (TPSA) is 35.5 Å². The van der Waals surface area contributed by atoms with Crippen LogP contribution < -0.4 is 0 Å². The van der Waals surface area contributed by atoms with Gasteiger partial charge in [-0.05, 0) is 19.3 Å². The first-order valence-corrected chi connectivity index (χ1v) is 6.65. The average molecular weight is 312 g/mol. The number of rotatable bonds is 5. The van der Waals surface area contributed by atoms with Gasteiger partial charge in [0.15, 0.2) is 0 Å². The van der Waals surface area contributed by atoms with Crippen molar-refractivity contribution < 1.29 is 14.3 Å². The zero-order valence-corrected chi connectivity index (χ0v) is 10.7. The molecule has 1 aliphatic rings. The van der Waals surface area contributed by atoms with E-state index in [0.717, 1.165) is 23.7 Å².